The Morgan fingerprint density at radius 1 is 1.21 bits per heavy atom. The van der Waals surface area contributed by atoms with Gasteiger partial charge in [-0.15, -0.1) is 0 Å². The Morgan fingerprint density at radius 2 is 2.02 bits per heavy atom. The number of aliphatic hydroxyl groups excluding tert-OH is 1. The highest BCUT2D eigenvalue weighted by atomic mass is 32.7. The summed E-state index contributed by atoms with van der Waals surface area (Å²) in [5.41, 5.74) is 10.9. The number of nitrogens with one attached hydrogen (secondary N) is 1. The largest absolute Gasteiger partial charge is 0.394 e. The van der Waals surface area contributed by atoms with E-state index in [0.717, 1.165) is 0 Å². The van der Waals surface area contributed by atoms with Crippen molar-refractivity contribution >= 4 is 72.3 Å². The highest BCUT2D eigenvalue weighted by Crippen LogP contribution is 2.64. The number of nitrogens with zero attached hydrogens (tertiary/aromatic N) is 6. The zero-order valence-electron chi connectivity index (χ0n) is 21.6. The molecule has 0 aromatic carbocycles. The maximum atomic E-state index is 14.0. The summed E-state index contributed by atoms with van der Waals surface area (Å²) in [5, 5.41) is 10.4. The molecule has 6 N–H and O–H groups in total. The van der Waals surface area contributed by atoms with Crippen LogP contribution in [0.2, 0.25) is 0 Å². The standard InChI is InChI=1S/C21H27N9O8P2S2/c22-16-10-1-2-29(17(10)25-7-24-16)14-4-11(38-39(33)41)12(37-14)6-35-40(34,42)13-3-9(5-31)36-20(13)30-8-26-15-18(30)27-21(23)28-19(15)32/h1-2,7-9,11-14,20,31,39H,3-6H2,(H,33,41)(H,34,42)(H2,22,24,25)(H3,23,27,28,32)/t9-,11-,12?,13+,14+,20+,40?/m0/s1. The minimum Gasteiger partial charge on any atom is -0.394 e. The third-order valence-corrected chi connectivity index (χ3v) is 11.1. The number of imidazole rings is 1. The Balaban J connectivity index is 1.24. The van der Waals surface area contributed by atoms with Gasteiger partial charge in [0.2, 0.25) is 13.2 Å². The maximum Gasteiger partial charge on any atom is 0.280 e. The normalized spacial score (nSPS) is 28.5. The van der Waals surface area contributed by atoms with E-state index in [2.05, 4.69) is 49.4 Å². The Hall–Kier alpha value is -2.47. The lowest BCUT2D eigenvalue weighted by Crippen LogP contribution is -2.28. The maximum absolute atomic E-state index is 14.0. The number of anilines is 2. The molecule has 17 nitrogen and oxygen atoms in total. The average molecular weight is 660 g/mol. The van der Waals surface area contributed by atoms with Crippen LogP contribution in [-0.4, -0.2) is 76.3 Å². The molecule has 226 valence electrons. The molecule has 2 aliphatic rings. The van der Waals surface area contributed by atoms with Gasteiger partial charge in [0.1, 0.15) is 36.4 Å². The lowest BCUT2D eigenvalue weighted by Gasteiger charge is -2.26. The van der Waals surface area contributed by atoms with E-state index in [1.807, 2.05) is 0 Å². The zero-order chi connectivity index (χ0) is 29.8. The van der Waals surface area contributed by atoms with Gasteiger partial charge >= 0.3 is 0 Å². The number of fused-ring (bicyclic) bond motifs is 2. The fraction of sp³-hybridized carbons (Fsp3) is 0.476. The summed E-state index contributed by atoms with van der Waals surface area (Å²) in [6, 6.07) is 1.75. The van der Waals surface area contributed by atoms with Crippen LogP contribution in [0.15, 0.2) is 29.7 Å². The van der Waals surface area contributed by atoms with E-state index in [-0.39, 0.29) is 43.2 Å². The topological polar surface area (TPSA) is 238 Å². The molecule has 0 amide bonds. The van der Waals surface area contributed by atoms with Crippen molar-refractivity contribution < 1.29 is 32.8 Å². The first-order chi connectivity index (χ1) is 20.1. The van der Waals surface area contributed by atoms with Gasteiger partial charge < -0.3 is 39.7 Å². The Kier molecular flexibility index (Phi) is 8.14. The number of aromatic amines is 1. The Labute approximate surface area is 247 Å². The molecule has 2 saturated heterocycles. The Morgan fingerprint density at radius 3 is 2.79 bits per heavy atom. The highest BCUT2D eigenvalue weighted by molar-refractivity contribution is 8.46. The molecule has 4 aromatic heterocycles. The second kappa shape index (κ2) is 11.6. The van der Waals surface area contributed by atoms with Crippen LogP contribution in [0.5, 0.6) is 0 Å². The van der Waals surface area contributed by atoms with Crippen LogP contribution in [0.4, 0.5) is 11.8 Å². The predicted molar refractivity (Wildman–Crippen MR) is 158 cm³/mol. The number of hydrogen-bond acceptors (Lipinski definition) is 14. The molecule has 6 rings (SSSR count). The first-order valence-corrected chi connectivity index (χ1v) is 18.1. The molecule has 6 heterocycles. The summed E-state index contributed by atoms with van der Waals surface area (Å²) < 4.78 is 52.7. The van der Waals surface area contributed by atoms with E-state index in [1.54, 1.807) is 16.8 Å². The number of hydrogen-bond donors (Lipinski definition) is 6. The van der Waals surface area contributed by atoms with Crippen molar-refractivity contribution in [3.63, 3.8) is 0 Å². The van der Waals surface area contributed by atoms with Crippen molar-refractivity contribution in [1.82, 2.24) is 34.1 Å². The van der Waals surface area contributed by atoms with Crippen molar-refractivity contribution in [1.29, 1.82) is 0 Å². The molecular formula is C21H27N9O8P2S2. The number of H-pyrrole nitrogens is 1. The summed E-state index contributed by atoms with van der Waals surface area (Å²) in [4.78, 5) is 31.2. The van der Waals surface area contributed by atoms with Crippen LogP contribution in [0.25, 0.3) is 22.2 Å². The van der Waals surface area contributed by atoms with Crippen molar-refractivity contribution in [2.75, 3.05) is 24.7 Å². The second-order valence-corrected chi connectivity index (χ2v) is 15.4. The molecule has 0 spiro atoms. The van der Waals surface area contributed by atoms with Gasteiger partial charge in [-0.1, -0.05) is 24.5 Å². The van der Waals surface area contributed by atoms with E-state index >= 15 is 0 Å². The molecular weight excluding hydrogens is 632 g/mol. The third-order valence-electron chi connectivity index (χ3n) is 7.22. The summed E-state index contributed by atoms with van der Waals surface area (Å²) in [6.07, 6.45) is 0.947. The van der Waals surface area contributed by atoms with E-state index in [0.29, 0.717) is 16.9 Å². The fourth-order valence-electron chi connectivity index (χ4n) is 5.29. The van der Waals surface area contributed by atoms with Gasteiger partial charge in [0.15, 0.2) is 11.2 Å². The second-order valence-electron chi connectivity index (χ2n) is 9.78. The quantitative estimate of drug-likeness (QED) is 0.110. The lowest BCUT2D eigenvalue weighted by molar-refractivity contribution is -0.0334. The molecule has 2 aliphatic heterocycles. The Bertz CT molecular complexity index is 1770. The zero-order valence-corrected chi connectivity index (χ0v) is 25.3. The number of aliphatic hydroxyl groups is 1. The summed E-state index contributed by atoms with van der Waals surface area (Å²) >= 11 is 8.35. The van der Waals surface area contributed by atoms with Crippen molar-refractivity contribution in [3.8, 4) is 0 Å². The molecule has 3 unspecified atom stereocenters. The number of thiol groups is 2. The van der Waals surface area contributed by atoms with Gasteiger partial charge in [0, 0.05) is 12.6 Å². The summed E-state index contributed by atoms with van der Waals surface area (Å²) in [7, 11) is -2.67. The van der Waals surface area contributed by atoms with Gasteiger partial charge in [-0.2, -0.15) is 4.98 Å². The molecule has 0 radical (unpaired) electrons. The minimum atomic E-state index is -3.83. The van der Waals surface area contributed by atoms with Crippen molar-refractivity contribution in [3.05, 3.63) is 35.3 Å². The molecule has 0 aliphatic carbocycles. The van der Waals surface area contributed by atoms with Crippen LogP contribution >= 0.6 is 38.3 Å². The first-order valence-electron chi connectivity index (χ1n) is 12.6. The van der Waals surface area contributed by atoms with Gasteiger partial charge in [-0.25, -0.2) is 15.0 Å². The monoisotopic (exact) mass is 659 g/mol. The fourth-order valence-corrected chi connectivity index (χ4v) is 8.62. The number of aromatic nitrogens is 7. The number of rotatable bonds is 9. The van der Waals surface area contributed by atoms with Crippen LogP contribution in [0, 0.1) is 0 Å². The van der Waals surface area contributed by atoms with Gasteiger partial charge in [-0.05, 0) is 12.5 Å². The number of ether oxygens (including phenoxy) is 2. The van der Waals surface area contributed by atoms with Crippen LogP contribution < -0.4 is 17.0 Å². The molecule has 4 aromatic rings. The van der Waals surface area contributed by atoms with E-state index < -0.39 is 55.8 Å². The van der Waals surface area contributed by atoms with E-state index in [4.69, 9.17) is 30.0 Å². The molecule has 42 heavy (non-hydrogen) atoms. The van der Waals surface area contributed by atoms with E-state index in [9.17, 15) is 19.0 Å². The molecule has 21 heteroatoms. The number of nitrogens with two attached hydrogens (primary N) is 2. The smallest absolute Gasteiger partial charge is 0.280 e. The van der Waals surface area contributed by atoms with Crippen LogP contribution in [0.3, 0.4) is 0 Å². The van der Waals surface area contributed by atoms with Crippen molar-refractivity contribution in [2.45, 2.75) is 49.3 Å². The summed E-state index contributed by atoms with van der Waals surface area (Å²) in [6.45, 7) is -4.44. The van der Waals surface area contributed by atoms with Crippen LogP contribution in [-0.2, 0) is 27.7 Å². The molecule has 0 saturated carbocycles. The first kappa shape index (κ1) is 29.6. The molecule has 0 bridgehead atoms. The van der Waals surface area contributed by atoms with Gasteiger partial charge in [-0.3, -0.25) is 23.5 Å². The molecule has 8 atom stereocenters. The predicted octanol–water partition coefficient (Wildman–Crippen LogP) is 1.51. The van der Waals surface area contributed by atoms with Crippen LogP contribution in [0.1, 0.15) is 25.3 Å². The van der Waals surface area contributed by atoms with E-state index in [1.165, 1.54) is 17.2 Å². The van der Waals surface area contributed by atoms with Gasteiger partial charge in [0.05, 0.1) is 42.8 Å². The minimum absolute atomic E-state index is 0.00541. The average Bonchev–Trinajstić information content (AvgIpc) is 3.71. The third kappa shape index (κ3) is 5.49. The lowest BCUT2D eigenvalue weighted by atomic mass is 10.2. The highest BCUT2D eigenvalue weighted by Gasteiger charge is 2.48. The SMILES string of the molecule is Nc1nc2c(ncn2[C@@H]2O[C@H](CO)C[C@H]2P(=O)(S)OCC2O[C@@H](n3ccc4c(N)ncnc43)C[C@@H]2O[PH](=O)S)c(=O)[nH]1. The van der Waals surface area contributed by atoms with Gasteiger partial charge in [0.25, 0.3) is 12.1 Å². The summed E-state index contributed by atoms with van der Waals surface area (Å²) in [5.74, 6) is 0.170. The number of nitrogen functional groups attached to an aromatic ring is 2. The van der Waals surface area contributed by atoms with Crippen molar-refractivity contribution in [2.24, 2.45) is 0 Å². The molecule has 2 fully saturated rings.